The van der Waals surface area contributed by atoms with Gasteiger partial charge in [0.25, 0.3) is 0 Å². The Labute approximate surface area is 94.3 Å². The van der Waals surface area contributed by atoms with Crippen molar-refractivity contribution in [1.82, 2.24) is 14.8 Å². The van der Waals surface area contributed by atoms with Crippen molar-refractivity contribution in [3.8, 4) is 0 Å². The summed E-state index contributed by atoms with van der Waals surface area (Å²) >= 11 is 0. The Bertz CT molecular complexity index is 458. The molecule has 2 aromatic rings. The van der Waals surface area contributed by atoms with Crippen LogP contribution in [0.2, 0.25) is 0 Å². The molecule has 0 aliphatic heterocycles. The van der Waals surface area contributed by atoms with E-state index in [9.17, 15) is 0 Å². The van der Waals surface area contributed by atoms with Crippen LogP contribution in [0.1, 0.15) is 37.0 Å². The van der Waals surface area contributed by atoms with E-state index in [-0.39, 0.29) is 0 Å². The van der Waals surface area contributed by atoms with E-state index in [4.69, 9.17) is 10.2 Å². The van der Waals surface area contributed by atoms with E-state index in [0.717, 1.165) is 17.2 Å². The Morgan fingerprint density at radius 3 is 2.81 bits per heavy atom. The fourth-order valence-corrected chi connectivity index (χ4v) is 1.42. The third kappa shape index (κ3) is 2.30. The second-order valence-electron chi connectivity index (χ2n) is 4.07. The molecular weight excluding hydrogens is 204 g/mol. The summed E-state index contributed by atoms with van der Waals surface area (Å²) in [7, 11) is 0. The summed E-state index contributed by atoms with van der Waals surface area (Å²) in [5.74, 6) is 1.89. The van der Waals surface area contributed by atoms with E-state index in [2.05, 4.69) is 23.9 Å². The lowest BCUT2D eigenvalue weighted by atomic mass is 10.2. The Morgan fingerprint density at radius 1 is 1.44 bits per heavy atom. The molecule has 0 atom stereocenters. The first-order valence-corrected chi connectivity index (χ1v) is 5.35. The van der Waals surface area contributed by atoms with E-state index in [0.29, 0.717) is 19.0 Å². The third-order valence-corrected chi connectivity index (χ3v) is 2.31. The van der Waals surface area contributed by atoms with Crippen LogP contribution in [0.15, 0.2) is 23.0 Å². The lowest BCUT2D eigenvalue weighted by molar-refractivity contribution is 0.421. The Morgan fingerprint density at radius 2 is 2.25 bits per heavy atom. The first-order chi connectivity index (χ1) is 7.69. The zero-order valence-electron chi connectivity index (χ0n) is 9.55. The minimum Gasteiger partial charge on any atom is -0.443 e. The molecule has 2 aromatic heterocycles. The predicted molar refractivity (Wildman–Crippen MR) is 59.8 cm³/mol. The third-order valence-electron chi connectivity index (χ3n) is 2.31. The molecular formula is C11H16N4O. The minimum atomic E-state index is 0.311. The number of oxazole rings is 1. The molecule has 0 bridgehead atoms. The summed E-state index contributed by atoms with van der Waals surface area (Å²) in [5.41, 5.74) is 6.53. The fraction of sp³-hybridized carbons (Fsp3) is 0.455. The van der Waals surface area contributed by atoms with Crippen LogP contribution in [0.4, 0.5) is 0 Å². The van der Waals surface area contributed by atoms with Crippen LogP contribution < -0.4 is 5.73 Å². The highest BCUT2D eigenvalue weighted by atomic mass is 16.4. The maximum Gasteiger partial charge on any atom is 0.197 e. The highest BCUT2D eigenvalue weighted by Gasteiger charge is 2.08. The molecule has 2 rings (SSSR count). The number of aromatic nitrogens is 3. The van der Waals surface area contributed by atoms with Crippen molar-refractivity contribution in [3.63, 3.8) is 0 Å². The van der Waals surface area contributed by atoms with Crippen molar-refractivity contribution in [1.29, 1.82) is 0 Å². The molecule has 5 heteroatoms. The molecule has 16 heavy (non-hydrogen) atoms. The SMILES string of the molecule is CC(C)c1ncc(Cn2cc(CN)cn2)o1. The zero-order chi connectivity index (χ0) is 11.5. The largest absolute Gasteiger partial charge is 0.443 e. The molecule has 86 valence electrons. The van der Waals surface area contributed by atoms with Gasteiger partial charge in [0.1, 0.15) is 12.3 Å². The average Bonchev–Trinajstić information content (AvgIpc) is 2.87. The van der Waals surface area contributed by atoms with Crippen molar-refractivity contribution in [2.75, 3.05) is 0 Å². The summed E-state index contributed by atoms with van der Waals surface area (Å²) in [6.45, 7) is 5.21. The average molecular weight is 220 g/mol. The molecule has 5 nitrogen and oxygen atoms in total. The molecule has 0 saturated heterocycles. The summed E-state index contributed by atoms with van der Waals surface area (Å²) in [6.07, 6.45) is 5.43. The molecule has 0 aromatic carbocycles. The lowest BCUT2D eigenvalue weighted by Crippen LogP contribution is -1.99. The molecule has 0 amide bonds. The Kier molecular flexibility index (Phi) is 3.05. The van der Waals surface area contributed by atoms with Crippen molar-refractivity contribution >= 4 is 0 Å². The highest BCUT2D eigenvalue weighted by Crippen LogP contribution is 2.14. The predicted octanol–water partition coefficient (Wildman–Crippen LogP) is 1.50. The number of nitrogens with zero attached hydrogens (tertiary/aromatic N) is 3. The highest BCUT2D eigenvalue weighted by molar-refractivity contribution is 5.04. The quantitative estimate of drug-likeness (QED) is 0.847. The van der Waals surface area contributed by atoms with E-state index in [1.165, 1.54) is 0 Å². The maximum atomic E-state index is 5.59. The van der Waals surface area contributed by atoms with Crippen molar-refractivity contribution in [2.45, 2.75) is 32.9 Å². The van der Waals surface area contributed by atoms with E-state index < -0.39 is 0 Å². The molecule has 2 N–H and O–H groups in total. The van der Waals surface area contributed by atoms with Gasteiger partial charge in [-0.2, -0.15) is 5.10 Å². The first kappa shape index (κ1) is 10.9. The smallest absolute Gasteiger partial charge is 0.197 e. The van der Waals surface area contributed by atoms with Gasteiger partial charge in [0, 0.05) is 24.2 Å². The monoisotopic (exact) mass is 220 g/mol. The molecule has 0 aliphatic rings. The van der Waals surface area contributed by atoms with Crippen LogP contribution in [0.5, 0.6) is 0 Å². The second-order valence-corrected chi connectivity index (χ2v) is 4.07. The van der Waals surface area contributed by atoms with Gasteiger partial charge in [0.2, 0.25) is 0 Å². The zero-order valence-corrected chi connectivity index (χ0v) is 9.55. The number of hydrogen-bond acceptors (Lipinski definition) is 4. The lowest BCUT2D eigenvalue weighted by Gasteiger charge is -1.98. The van der Waals surface area contributed by atoms with Crippen LogP contribution in [0, 0.1) is 0 Å². The fourth-order valence-electron chi connectivity index (χ4n) is 1.42. The van der Waals surface area contributed by atoms with Crippen molar-refractivity contribution in [2.24, 2.45) is 5.73 Å². The van der Waals surface area contributed by atoms with Gasteiger partial charge in [-0.1, -0.05) is 13.8 Å². The van der Waals surface area contributed by atoms with E-state index in [1.807, 2.05) is 6.20 Å². The Balaban J connectivity index is 2.08. The van der Waals surface area contributed by atoms with Crippen LogP contribution in [-0.2, 0) is 13.1 Å². The molecule has 0 spiro atoms. The van der Waals surface area contributed by atoms with Crippen LogP contribution in [0.25, 0.3) is 0 Å². The maximum absolute atomic E-state index is 5.59. The van der Waals surface area contributed by atoms with Gasteiger partial charge in [-0.15, -0.1) is 0 Å². The van der Waals surface area contributed by atoms with Crippen LogP contribution in [-0.4, -0.2) is 14.8 Å². The summed E-state index contributed by atoms with van der Waals surface area (Å²) in [5, 5.41) is 4.19. The number of rotatable bonds is 4. The standard InChI is InChI=1S/C11H16N4O/c1-8(2)11-13-5-10(16-11)7-15-6-9(3-12)4-14-15/h4-6,8H,3,7,12H2,1-2H3. The first-order valence-electron chi connectivity index (χ1n) is 5.35. The second kappa shape index (κ2) is 4.49. The van der Waals surface area contributed by atoms with Gasteiger partial charge < -0.3 is 10.2 Å². The molecule has 0 aliphatic carbocycles. The van der Waals surface area contributed by atoms with Gasteiger partial charge in [0.05, 0.1) is 12.4 Å². The Hall–Kier alpha value is -1.62. The number of nitrogens with two attached hydrogens (primary N) is 1. The van der Waals surface area contributed by atoms with E-state index >= 15 is 0 Å². The summed E-state index contributed by atoms with van der Waals surface area (Å²) < 4.78 is 7.39. The molecule has 0 fully saturated rings. The summed E-state index contributed by atoms with van der Waals surface area (Å²) in [6, 6.07) is 0. The van der Waals surface area contributed by atoms with E-state index in [1.54, 1.807) is 17.1 Å². The number of hydrogen-bond donors (Lipinski definition) is 1. The molecule has 0 unspecified atom stereocenters. The van der Waals surface area contributed by atoms with Gasteiger partial charge in [0.15, 0.2) is 5.89 Å². The van der Waals surface area contributed by atoms with Crippen LogP contribution in [0.3, 0.4) is 0 Å². The van der Waals surface area contributed by atoms with Crippen LogP contribution >= 0.6 is 0 Å². The van der Waals surface area contributed by atoms with Gasteiger partial charge in [-0.3, -0.25) is 4.68 Å². The van der Waals surface area contributed by atoms with Gasteiger partial charge in [-0.05, 0) is 0 Å². The normalized spacial score (nSPS) is 11.2. The molecule has 0 radical (unpaired) electrons. The van der Waals surface area contributed by atoms with Gasteiger partial charge >= 0.3 is 0 Å². The molecule has 0 saturated carbocycles. The van der Waals surface area contributed by atoms with Crippen molar-refractivity contribution in [3.05, 3.63) is 35.8 Å². The summed E-state index contributed by atoms with van der Waals surface area (Å²) in [4.78, 5) is 4.21. The molecule has 2 heterocycles. The minimum absolute atomic E-state index is 0.311. The topological polar surface area (TPSA) is 69.9 Å². The van der Waals surface area contributed by atoms with Crippen molar-refractivity contribution < 1.29 is 4.42 Å². The van der Waals surface area contributed by atoms with Gasteiger partial charge in [-0.25, -0.2) is 4.98 Å².